The number of rotatable bonds is 8. The van der Waals surface area contributed by atoms with Gasteiger partial charge in [-0.25, -0.2) is 4.98 Å². The number of thiazole rings is 1. The van der Waals surface area contributed by atoms with E-state index < -0.39 is 0 Å². The van der Waals surface area contributed by atoms with Crippen LogP contribution in [0.2, 0.25) is 0 Å². The van der Waals surface area contributed by atoms with Crippen molar-refractivity contribution in [1.29, 1.82) is 0 Å². The van der Waals surface area contributed by atoms with Gasteiger partial charge in [-0.15, -0.1) is 11.3 Å². The lowest BCUT2D eigenvalue weighted by atomic mass is 9.98. The third-order valence-electron chi connectivity index (χ3n) is 4.23. The van der Waals surface area contributed by atoms with Crippen molar-refractivity contribution in [2.45, 2.75) is 65.0 Å². The lowest BCUT2D eigenvalue weighted by Gasteiger charge is -2.22. The van der Waals surface area contributed by atoms with E-state index in [4.69, 9.17) is 9.73 Å². The first-order valence-electron chi connectivity index (χ1n) is 9.21. The second kappa shape index (κ2) is 10.7. The average Bonchev–Trinajstić information content (AvgIpc) is 2.99. The zero-order chi connectivity index (χ0) is 17.2. The molecule has 1 saturated carbocycles. The number of nitrogens with one attached hydrogen (secondary N) is 1. The highest BCUT2D eigenvalue weighted by atomic mass is 32.1. The second-order valence-electron chi connectivity index (χ2n) is 6.43. The molecule has 0 bridgehead atoms. The van der Waals surface area contributed by atoms with Crippen molar-refractivity contribution in [1.82, 2.24) is 15.2 Å². The molecule has 6 heteroatoms. The molecule has 0 spiro atoms. The number of aromatic nitrogens is 1. The number of aryl methyl sites for hydroxylation is 1. The molecule has 0 saturated heterocycles. The van der Waals surface area contributed by atoms with E-state index >= 15 is 0 Å². The van der Waals surface area contributed by atoms with Crippen LogP contribution in [-0.2, 0) is 11.3 Å². The molecule has 0 radical (unpaired) electrons. The van der Waals surface area contributed by atoms with Crippen LogP contribution in [0.1, 0.15) is 56.2 Å². The lowest BCUT2D eigenvalue weighted by molar-refractivity contribution is 0.0281. The number of nitrogens with zero attached hydrogens (tertiary/aromatic N) is 3. The topological polar surface area (TPSA) is 49.8 Å². The quantitative estimate of drug-likeness (QED) is 0.441. The fourth-order valence-corrected chi connectivity index (χ4v) is 3.60. The summed E-state index contributed by atoms with van der Waals surface area (Å²) in [6.07, 6.45) is 7.98. The molecule has 0 amide bonds. The van der Waals surface area contributed by atoms with Gasteiger partial charge >= 0.3 is 0 Å². The van der Waals surface area contributed by atoms with Gasteiger partial charge in [0.2, 0.25) is 0 Å². The summed E-state index contributed by atoms with van der Waals surface area (Å²) in [4.78, 5) is 11.4. The van der Waals surface area contributed by atoms with Crippen LogP contribution < -0.4 is 5.32 Å². The third-order valence-corrected chi connectivity index (χ3v) is 5.05. The molecular weight excluding hydrogens is 320 g/mol. The Balaban J connectivity index is 1.72. The van der Waals surface area contributed by atoms with Crippen LogP contribution in [0.15, 0.2) is 10.4 Å². The summed E-state index contributed by atoms with van der Waals surface area (Å²) in [5.41, 5.74) is 1.10. The summed E-state index contributed by atoms with van der Waals surface area (Å²) in [6.45, 7) is 7.42. The third kappa shape index (κ3) is 6.77. The van der Waals surface area contributed by atoms with Crippen LogP contribution >= 0.6 is 11.3 Å². The molecule has 0 aromatic carbocycles. The van der Waals surface area contributed by atoms with Crippen molar-refractivity contribution >= 4 is 17.3 Å². The molecule has 24 heavy (non-hydrogen) atoms. The summed E-state index contributed by atoms with van der Waals surface area (Å²) in [6, 6.07) is 0. The highest BCUT2D eigenvalue weighted by molar-refractivity contribution is 7.09. The highest BCUT2D eigenvalue weighted by Crippen LogP contribution is 2.20. The van der Waals surface area contributed by atoms with Crippen molar-refractivity contribution < 1.29 is 4.74 Å². The Labute approximate surface area is 150 Å². The molecule has 0 unspecified atom stereocenters. The summed E-state index contributed by atoms with van der Waals surface area (Å²) in [7, 11) is 2.06. The fraction of sp³-hybridized carbons (Fsp3) is 0.778. The maximum atomic E-state index is 5.97. The second-order valence-corrected chi connectivity index (χ2v) is 7.50. The zero-order valence-electron chi connectivity index (χ0n) is 15.4. The number of ether oxygens (including phenoxy) is 1. The van der Waals surface area contributed by atoms with E-state index in [1.165, 1.54) is 32.1 Å². The van der Waals surface area contributed by atoms with E-state index in [2.05, 4.69) is 34.6 Å². The van der Waals surface area contributed by atoms with Gasteiger partial charge in [-0.1, -0.05) is 19.3 Å². The van der Waals surface area contributed by atoms with Crippen LogP contribution in [0.3, 0.4) is 0 Å². The molecule has 2 rings (SSSR count). The molecule has 1 aliphatic carbocycles. The summed E-state index contributed by atoms with van der Waals surface area (Å²) in [5, 5.41) is 6.59. The summed E-state index contributed by atoms with van der Waals surface area (Å²) < 4.78 is 5.97. The predicted molar refractivity (Wildman–Crippen MR) is 102 cm³/mol. The average molecular weight is 353 g/mol. The smallest absolute Gasteiger partial charge is 0.194 e. The highest BCUT2D eigenvalue weighted by Gasteiger charge is 2.13. The standard InChI is InChI=1S/C18H32N4OS/c1-4-19-18(22(3)13-16-14-24-15(2)21-16)20-11-8-12-23-17-9-6-5-7-10-17/h14,17H,4-13H2,1-3H3,(H,19,20). The number of hydrogen-bond donors (Lipinski definition) is 1. The Bertz CT molecular complexity index is 497. The first-order valence-corrected chi connectivity index (χ1v) is 10.1. The van der Waals surface area contributed by atoms with E-state index in [9.17, 15) is 0 Å². The van der Waals surface area contributed by atoms with Crippen LogP contribution in [0, 0.1) is 6.92 Å². The Morgan fingerprint density at radius 2 is 2.21 bits per heavy atom. The molecule has 1 aromatic rings. The van der Waals surface area contributed by atoms with Crippen molar-refractivity contribution in [3.8, 4) is 0 Å². The minimum Gasteiger partial charge on any atom is -0.378 e. The van der Waals surface area contributed by atoms with Gasteiger partial charge in [0, 0.05) is 32.1 Å². The number of guanidine groups is 1. The van der Waals surface area contributed by atoms with Crippen molar-refractivity contribution in [2.75, 3.05) is 26.7 Å². The largest absolute Gasteiger partial charge is 0.378 e. The minimum absolute atomic E-state index is 0.492. The van der Waals surface area contributed by atoms with Gasteiger partial charge in [-0.3, -0.25) is 4.99 Å². The van der Waals surface area contributed by atoms with Gasteiger partial charge in [-0.2, -0.15) is 0 Å². The molecule has 1 aliphatic rings. The Hall–Kier alpha value is -1.14. The van der Waals surface area contributed by atoms with Crippen LogP contribution in [0.5, 0.6) is 0 Å². The number of aliphatic imine (C=N–C) groups is 1. The molecule has 5 nitrogen and oxygen atoms in total. The predicted octanol–water partition coefficient (Wildman–Crippen LogP) is 3.59. The molecule has 136 valence electrons. The Morgan fingerprint density at radius 1 is 1.42 bits per heavy atom. The minimum atomic E-state index is 0.492. The van der Waals surface area contributed by atoms with Gasteiger partial charge in [0.05, 0.1) is 23.4 Å². The Kier molecular flexibility index (Phi) is 8.53. The van der Waals surface area contributed by atoms with Crippen LogP contribution in [0.4, 0.5) is 0 Å². The van der Waals surface area contributed by atoms with Crippen LogP contribution in [0.25, 0.3) is 0 Å². The van der Waals surface area contributed by atoms with Crippen molar-refractivity contribution in [2.24, 2.45) is 4.99 Å². The lowest BCUT2D eigenvalue weighted by Crippen LogP contribution is -2.38. The van der Waals surface area contributed by atoms with E-state index in [1.54, 1.807) is 11.3 Å². The van der Waals surface area contributed by atoms with Gasteiger partial charge < -0.3 is 15.0 Å². The fourth-order valence-electron chi connectivity index (χ4n) is 3.00. The number of hydrogen-bond acceptors (Lipinski definition) is 4. The van der Waals surface area contributed by atoms with E-state index in [0.717, 1.165) is 49.3 Å². The van der Waals surface area contributed by atoms with Crippen molar-refractivity contribution in [3.63, 3.8) is 0 Å². The summed E-state index contributed by atoms with van der Waals surface area (Å²) >= 11 is 1.69. The van der Waals surface area contributed by atoms with Gasteiger partial charge in [0.25, 0.3) is 0 Å². The molecule has 0 atom stereocenters. The van der Waals surface area contributed by atoms with Crippen LogP contribution in [-0.4, -0.2) is 48.7 Å². The molecule has 1 fully saturated rings. The monoisotopic (exact) mass is 352 g/mol. The molecule has 1 N–H and O–H groups in total. The Morgan fingerprint density at radius 3 is 2.88 bits per heavy atom. The molecular formula is C18H32N4OS. The molecule has 1 aromatic heterocycles. The van der Waals surface area contributed by atoms with Gasteiger partial charge in [0.15, 0.2) is 5.96 Å². The van der Waals surface area contributed by atoms with E-state index in [-0.39, 0.29) is 0 Å². The normalized spacial score (nSPS) is 16.4. The molecule has 1 heterocycles. The van der Waals surface area contributed by atoms with E-state index in [0.29, 0.717) is 6.10 Å². The first-order chi connectivity index (χ1) is 11.7. The maximum Gasteiger partial charge on any atom is 0.194 e. The SMILES string of the molecule is CCNC(=NCCCOC1CCCCC1)N(C)Cc1csc(C)n1. The van der Waals surface area contributed by atoms with Gasteiger partial charge in [-0.05, 0) is 33.1 Å². The zero-order valence-corrected chi connectivity index (χ0v) is 16.2. The van der Waals surface area contributed by atoms with Gasteiger partial charge in [0.1, 0.15) is 0 Å². The molecule has 0 aliphatic heterocycles. The maximum absolute atomic E-state index is 5.97. The summed E-state index contributed by atoms with van der Waals surface area (Å²) in [5.74, 6) is 0.945. The van der Waals surface area contributed by atoms with Crippen molar-refractivity contribution in [3.05, 3.63) is 16.1 Å². The van der Waals surface area contributed by atoms with E-state index in [1.807, 2.05) is 6.92 Å². The first kappa shape index (κ1) is 19.2.